The number of fused-ring (bicyclic) bond motifs is 1. The molecule has 16 heavy (non-hydrogen) atoms. The van der Waals surface area contributed by atoms with Crippen LogP contribution in [0, 0.1) is 0 Å². The van der Waals surface area contributed by atoms with Gasteiger partial charge >= 0.3 is 13.1 Å². The maximum absolute atomic E-state index is 11.6. The molecular formula is C9H9BO5S. The van der Waals surface area contributed by atoms with Crippen LogP contribution in [0.4, 0.5) is 0 Å². The highest BCUT2D eigenvalue weighted by Crippen LogP contribution is 2.15. The molecule has 0 radical (unpaired) electrons. The van der Waals surface area contributed by atoms with Crippen molar-refractivity contribution in [1.29, 1.82) is 0 Å². The standard InChI is InChI=1S/C9H9BO5S/c11-9(12)5-16(14)7-2-1-6-4-15-10(13)8(6)3-7/h1-3,13H,4-5H2,(H,11,12). The summed E-state index contributed by atoms with van der Waals surface area (Å²) in [6.45, 7) is 0.322. The number of carboxylic acids is 1. The highest BCUT2D eigenvalue weighted by Gasteiger charge is 2.29. The van der Waals surface area contributed by atoms with E-state index in [-0.39, 0.29) is 0 Å². The number of aliphatic carboxylic acids is 1. The van der Waals surface area contributed by atoms with E-state index in [0.717, 1.165) is 5.56 Å². The first kappa shape index (κ1) is 11.5. The van der Waals surface area contributed by atoms with Gasteiger partial charge in [0.05, 0.1) is 6.61 Å². The summed E-state index contributed by atoms with van der Waals surface area (Å²) in [5, 5.41) is 18.0. The van der Waals surface area contributed by atoms with Crippen LogP contribution in [0.25, 0.3) is 0 Å². The van der Waals surface area contributed by atoms with E-state index in [9.17, 15) is 14.4 Å². The van der Waals surface area contributed by atoms with Crippen LogP contribution < -0.4 is 5.46 Å². The molecule has 2 N–H and O–H groups in total. The van der Waals surface area contributed by atoms with E-state index in [1.165, 1.54) is 6.07 Å². The van der Waals surface area contributed by atoms with Crippen molar-refractivity contribution in [2.75, 3.05) is 5.75 Å². The van der Waals surface area contributed by atoms with Crippen molar-refractivity contribution in [3.63, 3.8) is 0 Å². The first-order valence-corrected chi connectivity index (χ1v) is 5.92. The Morgan fingerprint density at radius 3 is 3.06 bits per heavy atom. The van der Waals surface area contributed by atoms with Crippen molar-refractivity contribution < 1.29 is 24.1 Å². The van der Waals surface area contributed by atoms with Crippen molar-refractivity contribution in [2.24, 2.45) is 0 Å². The Morgan fingerprint density at radius 1 is 1.62 bits per heavy atom. The molecule has 0 aliphatic carbocycles. The Bertz CT molecular complexity index is 424. The van der Waals surface area contributed by atoms with Gasteiger partial charge < -0.3 is 19.3 Å². The van der Waals surface area contributed by atoms with Crippen LogP contribution in [-0.2, 0) is 27.2 Å². The molecule has 0 spiro atoms. The van der Waals surface area contributed by atoms with E-state index in [4.69, 9.17) is 9.76 Å². The molecule has 1 aliphatic heterocycles. The number of benzene rings is 1. The number of carbonyl (C=O) groups is 1. The molecule has 7 heteroatoms. The van der Waals surface area contributed by atoms with Crippen molar-refractivity contribution in [1.82, 2.24) is 0 Å². The lowest BCUT2D eigenvalue weighted by Crippen LogP contribution is -2.29. The number of hydrogen-bond acceptors (Lipinski definition) is 4. The van der Waals surface area contributed by atoms with Gasteiger partial charge in [-0.15, -0.1) is 0 Å². The third-order valence-electron chi connectivity index (χ3n) is 2.30. The molecule has 0 saturated heterocycles. The zero-order valence-corrected chi connectivity index (χ0v) is 9.07. The van der Waals surface area contributed by atoms with Gasteiger partial charge in [0.15, 0.2) is 4.90 Å². The lowest BCUT2D eigenvalue weighted by Gasteiger charge is -2.08. The van der Waals surface area contributed by atoms with Gasteiger partial charge in [0.1, 0.15) is 0 Å². The lowest BCUT2D eigenvalue weighted by atomic mass is 9.80. The van der Waals surface area contributed by atoms with Crippen LogP contribution >= 0.6 is 0 Å². The maximum atomic E-state index is 11.6. The van der Waals surface area contributed by atoms with Crippen molar-refractivity contribution in [3.05, 3.63) is 23.8 Å². The van der Waals surface area contributed by atoms with Gasteiger partial charge in [-0.1, -0.05) is 6.07 Å². The van der Waals surface area contributed by atoms with Crippen LogP contribution in [0.1, 0.15) is 5.56 Å². The SMILES string of the molecule is O=C(O)C[S+]([O-])c1ccc2c(c1)B(O)OC2. The first-order valence-electron chi connectivity index (χ1n) is 4.60. The molecule has 1 aliphatic rings. The quantitative estimate of drug-likeness (QED) is 0.527. The normalized spacial score (nSPS) is 16.0. The lowest BCUT2D eigenvalue weighted by molar-refractivity contribution is -0.134. The van der Waals surface area contributed by atoms with Crippen LogP contribution in [0.3, 0.4) is 0 Å². The maximum Gasteiger partial charge on any atom is 0.491 e. The second kappa shape index (κ2) is 4.46. The predicted molar refractivity (Wildman–Crippen MR) is 57.7 cm³/mol. The van der Waals surface area contributed by atoms with Crippen molar-refractivity contribution in [2.45, 2.75) is 11.5 Å². The van der Waals surface area contributed by atoms with Crippen LogP contribution in [0.15, 0.2) is 23.1 Å². The van der Waals surface area contributed by atoms with Gasteiger partial charge in [0, 0.05) is 0 Å². The predicted octanol–water partition coefficient (Wildman–Crippen LogP) is -0.903. The monoisotopic (exact) mass is 240 g/mol. The van der Waals surface area contributed by atoms with E-state index in [2.05, 4.69) is 0 Å². The minimum atomic E-state index is -1.59. The van der Waals surface area contributed by atoms with Gasteiger partial charge in [-0.25, -0.2) is 4.79 Å². The highest BCUT2D eigenvalue weighted by atomic mass is 32.2. The Morgan fingerprint density at radius 2 is 2.38 bits per heavy atom. The molecule has 0 aromatic heterocycles. The van der Waals surface area contributed by atoms with Gasteiger partial charge in [0.2, 0.25) is 5.75 Å². The minimum Gasteiger partial charge on any atom is -0.611 e. The van der Waals surface area contributed by atoms with E-state index < -0.39 is 30.0 Å². The fourth-order valence-electron chi connectivity index (χ4n) is 1.53. The Labute approximate surface area is 95.4 Å². The summed E-state index contributed by atoms with van der Waals surface area (Å²) >= 11 is -1.59. The highest BCUT2D eigenvalue weighted by molar-refractivity contribution is 7.92. The molecule has 5 nitrogen and oxygen atoms in total. The summed E-state index contributed by atoms with van der Waals surface area (Å²) in [5.74, 6) is -1.55. The van der Waals surface area contributed by atoms with Crippen LogP contribution in [0.2, 0.25) is 0 Å². The fourth-order valence-corrected chi connectivity index (χ4v) is 2.40. The van der Waals surface area contributed by atoms with Crippen molar-refractivity contribution >= 4 is 29.7 Å². The summed E-state index contributed by atoms with van der Waals surface area (Å²) in [6, 6.07) is 4.83. The van der Waals surface area contributed by atoms with E-state index in [1.54, 1.807) is 12.1 Å². The van der Waals surface area contributed by atoms with Gasteiger partial charge in [-0.05, 0) is 34.3 Å². The van der Waals surface area contributed by atoms with Gasteiger partial charge in [-0.3, -0.25) is 0 Å². The number of hydrogen-bond donors (Lipinski definition) is 2. The average molecular weight is 240 g/mol. The largest absolute Gasteiger partial charge is 0.611 e. The van der Waals surface area contributed by atoms with E-state index >= 15 is 0 Å². The van der Waals surface area contributed by atoms with E-state index in [0.29, 0.717) is 17.0 Å². The molecule has 0 bridgehead atoms. The molecule has 1 aromatic rings. The fraction of sp³-hybridized carbons (Fsp3) is 0.222. The number of rotatable bonds is 3. The second-order valence-electron chi connectivity index (χ2n) is 3.41. The molecular weight excluding hydrogens is 231 g/mol. The smallest absolute Gasteiger partial charge is 0.491 e. The molecule has 0 amide bonds. The van der Waals surface area contributed by atoms with Crippen LogP contribution in [-0.4, -0.2) is 33.5 Å². The molecule has 0 saturated carbocycles. The van der Waals surface area contributed by atoms with Crippen LogP contribution in [0.5, 0.6) is 0 Å². The van der Waals surface area contributed by atoms with Gasteiger partial charge in [0.25, 0.3) is 0 Å². The summed E-state index contributed by atoms with van der Waals surface area (Å²) < 4.78 is 16.5. The Kier molecular flexibility index (Phi) is 3.20. The third kappa shape index (κ3) is 2.22. The van der Waals surface area contributed by atoms with Gasteiger partial charge in [-0.2, -0.15) is 0 Å². The molecule has 0 fully saturated rings. The first-order chi connectivity index (χ1) is 7.58. The molecule has 1 atom stereocenters. The average Bonchev–Trinajstić information content (AvgIpc) is 2.59. The molecule has 1 aromatic carbocycles. The zero-order chi connectivity index (χ0) is 11.7. The Hall–Kier alpha value is -1.02. The topological polar surface area (TPSA) is 89.8 Å². The second-order valence-corrected chi connectivity index (χ2v) is 4.86. The summed E-state index contributed by atoms with van der Waals surface area (Å²) in [5.41, 5.74) is 1.40. The summed E-state index contributed by atoms with van der Waals surface area (Å²) in [4.78, 5) is 10.8. The minimum absolute atomic E-state index is 0.322. The third-order valence-corrected chi connectivity index (χ3v) is 3.59. The Balaban J connectivity index is 2.24. The molecule has 1 heterocycles. The number of carboxylic acid groups (broad SMARTS) is 1. The summed E-state index contributed by atoms with van der Waals surface area (Å²) in [6.07, 6.45) is 0. The molecule has 84 valence electrons. The zero-order valence-electron chi connectivity index (χ0n) is 8.25. The van der Waals surface area contributed by atoms with Crippen molar-refractivity contribution in [3.8, 4) is 0 Å². The van der Waals surface area contributed by atoms with E-state index in [1.807, 2.05) is 0 Å². The summed E-state index contributed by atoms with van der Waals surface area (Å²) in [7, 11) is -1.00. The molecule has 2 rings (SSSR count). The molecule has 1 unspecified atom stereocenters.